The largest absolute Gasteiger partial charge is 0.298 e. The van der Waals surface area contributed by atoms with Crippen molar-refractivity contribution in [2.75, 3.05) is 0 Å². The van der Waals surface area contributed by atoms with Crippen LogP contribution in [0.2, 0.25) is 0 Å². The lowest BCUT2D eigenvalue weighted by Gasteiger charge is -2.01. The number of aldehydes is 1. The molecule has 2 aromatic carbocycles. The average Bonchev–Trinajstić information content (AvgIpc) is 2.18. The number of aryl methyl sites for hydroxylation is 1. The van der Waals surface area contributed by atoms with Gasteiger partial charge in [0.1, 0.15) is 6.29 Å². The third kappa shape index (κ3) is 1.33. The molecule has 0 amide bonds. The summed E-state index contributed by atoms with van der Waals surface area (Å²) in [5, 5.41) is 2.35. The summed E-state index contributed by atoms with van der Waals surface area (Å²) in [5.41, 5.74) is 1.98. The SMILES string of the molecule is Cc1cccc2cc(C=O)ccc12. The van der Waals surface area contributed by atoms with Crippen LogP contribution in [0.25, 0.3) is 10.8 Å². The van der Waals surface area contributed by atoms with E-state index in [2.05, 4.69) is 13.0 Å². The van der Waals surface area contributed by atoms with E-state index in [1.165, 1.54) is 10.9 Å². The Morgan fingerprint density at radius 3 is 2.77 bits per heavy atom. The Labute approximate surface area is 77.0 Å². The van der Waals surface area contributed by atoms with Crippen molar-refractivity contribution in [3.63, 3.8) is 0 Å². The molecule has 0 heterocycles. The van der Waals surface area contributed by atoms with Gasteiger partial charge in [-0.2, -0.15) is 0 Å². The standard InChI is InChI=1S/C12H10O/c1-9-3-2-4-11-7-10(8-13)5-6-12(9)11/h2-8H,1H3. The van der Waals surface area contributed by atoms with Gasteiger partial charge in [0.05, 0.1) is 0 Å². The molecule has 0 radical (unpaired) electrons. The maximum Gasteiger partial charge on any atom is 0.150 e. The van der Waals surface area contributed by atoms with Crippen molar-refractivity contribution in [2.45, 2.75) is 6.92 Å². The zero-order chi connectivity index (χ0) is 9.26. The van der Waals surface area contributed by atoms with Crippen LogP contribution in [0.4, 0.5) is 0 Å². The van der Waals surface area contributed by atoms with Gasteiger partial charge in [-0.3, -0.25) is 4.79 Å². The van der Waals surface area contributed by atoms with E-state index >= 15 is 0 Å². The summed E-state index contributed by atoms with van der Waals surface area (Å²) < 4.78 is 0. The predicted octanol–water partition coefficient (Wildman–Crippen LogP) is 2.96. The number of hydrogen-bond donors (Lipinski definition) is 0. The van der Waals surface area contributed by atoms with Crippen molar-refractivity contribution >= 4 is 17.1 Å². The smallest absolute Gasteiger partial charge is 0.150 e. The summed E-state index contributed by atoms with van der Waals surface area (Å²) in [6.07, 6.45) is 0.877. The molecule has 2 aromatic rings. The molecule has 2 rings (SSSR count). The van der Waals surface area contributed by atoms with E-state index in [1.807, 2.05) is 30.3 Å². The highest BCUT2D eigenvalue weighted by atomic mass is 16.1. The van der Waals surface area contributed by atoms with Gasteiger partial charge in [0.25, 0.3) is 0 Å². The van der Waals surface area contributed by atoms with E-state index in [9.17, 15) is 4.79 Å². The molecule has 0 N–H and O–H groups in total. The van der Waals surface area contributed by atoms with Crippen LogP contribution in [0.5, 0.6) is 0 Å². The molecule has 0 saturated heterocycles. The number of benzene rings is 2. The maximum absolute atomic E-state index is 10.5. The fraction of sp³-hybridized carbons (Fsp3) is 0.0833. The van der Waals surface area contributed by atoms with Gasteiger partial charge >= 0.3 is 0 Å². The van der Waals surface area contributed by atoms with Crippen molar-refractivity contribution in [1.29, 1.82) is 0 Å². The first-order chi connectivity index (χ1) is 6.31. The lowest BCUT2D eigenvalue weighted by Crippen LogP contribution is -1.82. The van der Waals surface area contributed by atoms with Gasteiger partial charge in [0.2, 0.25) is 0 Å². The van der Waals surface area contributed by atoms with Gasteiger partial charge in [-0.1, -0.05) is 30.3 Å². The summed E-state index contributed by atoms with van der Waals surface area (Å²) in [4.78, 5) is 10.5. The zero-order valence-corrected chi connectivity index (χ0v) is 7.45. The van der Waals surface area contributed by atoms with Gasteiger partial charge in [-0.25, -0.2) is 0 Å². The van der Waals surface area contributed by atoms with E-state index in [4.69, 9.17) is 0 Å². The Kier molecular flexibility index (Phi) is 1.85. The number of fused-ring (bicyclic) bond motifs is 1. The third-order valence-corrected chi connectivity index (χ3v) is 2.26. The molecule has 0 aliphatic heterocycles. The monoisotopic (exact) mass is 170 g/mol. The van der Waals surface area contributed by atoms with Gasteiger partial charge in [-0.15, -0.1) is 0 Å². The second-order valence-corrected chi connectivity index (χ2v) is 3.17. The molecule has 0 unspecified atom stereocenters. The molecule has 0 aromatic heterocycles. The van der Waals surface area contributed by atoms with Gasteiger partial charge in [-0.05, 0) is 29.3 Å². The Morgan fingerprint density at radius 2 is 2.00 bits per heavy atom. The van der Waals surface area contributed by atoms with Crippen LogP contribution in [0, 0.1) is 6.92 Å². The summed E-state index contributed by atoms with van der Waals surface area (Å²) in [5.74, 6) is 0. The van der Waals surface area contributed by atoms with E-state index in [0.29, 0.717) is 0 Å². The maximum atomic E-state index is 10.5. The Balaban J connectivity index is 2.79. The van der Waals surface area contributed by atoms with Crippen LogP contribution in [-0.2, 0) is 0 Å². The first-order valence-electron chi connectivity index (χ1n) is 4.26. The number of carbonyl (C=O) groups is 1. The molecule has 0 atom stereocenters. The highest BCUT2D eigenvalue weighted by Gasteiger charge is 1.96. The minimum absolute atomic E-state index is 0.734. The van der Waals surface area contributed by atoms with Crippen LogP contribution in [0.1, 0.15) is 15.9 Å². The molecular weight excluding hydrogens is 160 g/mol. The molecule has 0 fully saturated rings. The second-order valence-electron chi connectivity index (χ2n) is 3.17. The lowest BCUT2D eigenvalue weighted by molar-refractivity contribution is 0.112. The van der Waals surface area contributed by atoms with Gasteiger partial charge in [0.15, 0.2) is 0 Å². The number of carbonyl (C=O) groups excluding carboxylic acids is 1. The Morgan fingerprint density at radius 1 is 1.15 bits per heavy atom. The number of hydrogen-bond acceptors (Lipinski definition) is 1. The molecule has 0 spiro atoms. The van der Waals surface area contributed by atoms with Crippen LogP contribution in [-0.4, -0.2) is 6.29 Å². The summed E-state index contributed by atoms with van der Waals surface area (Å²) in [7, 11) is 0. The first-order valence-corrected chi connectivity index (χ1v) is 4.26. The van der Waals surface area contributed by atoms with Gasteiger partial charge < -0.3 is 0 Å². The molecule has 0 aliphatic carbocycles. The molecule has 1 nitrogen and oxygen atoms in total. The van der Waals surface area contributed by atoms with Gasteiger partial charge in [0, 0.05) is 5.56 Å². The third-order valence-electron chi connectivity index (χ3n) is 2.26. The van der Waals surface area contributed by atoms with Crippen LogP contribution < -0.4 is 0 Å². The van der Waals surface area contributed by atoms with Crippen molar-refractivity contribution in [1.82, 2.24) is 0 Å². The fourth-order valence-corrected chi connectivity index (χ4v) is 1.54. The van der Waals surface area contributed by atoms with Crippen LogP contribution >= 0.6 is 0 Å². The normalized spacial score (nSPS) is 10.2. The highest BCUT2D eigenvalue weighted by Crippen LogP contribution is 2.18. The minimum Gasteiger partial charge on any atom is -0.298 e. The van der Waals surface area contributed by atoms with Crippen molar-refractivity contribution < 1.29 is 4.79 Å². The van der Waals surface area contributed by atoms with E-state index in [0.717, 1.165) is 17.2 Å². The zero-order valence-electron chi connectivity index (χ0n) is 7.45. The lowest BCUT2D eigenvalue weighted by atomic mass is 10.0. The molecular formula is C12H10O. The molecule has 0 bridgehead atoms. The summed E-state index contributed by atoms with van der Waals surface area (Å²) in [6, 6.07) is 11.9. The Bertz CT molecular complexity index is 458. The minimum atomic E-state index is 0.734. The summed E-state index contributed by atoms with van der Waals surface area (Å²) >= 11 is 0. The summed E-state index contributed by atoms with van der Waals surface area (Å²) in [6.45, 7) is 2.07. The fourth-order valence-electron chi connectivity index (χ4n) is 1.54. The van der Waals surface area contributed by atoms with Crippen molar-refractivity contribution in [3.8, 4) is 0 Å². The van der Waals surface area contributed by atoms with E-state index < -0.39 is 0 Å². The van der Waals surface area contributed by atoms with E-state index in [-0.39, 0.29) is 0 Å². The molecule has 1 heteroatoms. The average molecular weight is 170 g/mol. The van der Waals surface area contributed by atoms with E-state index in [1.54, 1.807) is 0 Å². The Hall–Kier alpha value is -1.63. The number of rotatable bonds is 1. The van der Waals surface area contributed by atoms with Crippen molar-refractivity contribution in [3.05, 3.63) is 47.5 Å². The topological polar surface area (TPSA) is 17.1 Å². The first kappa shape index (κ1) is 7.99. The highest BCUT2D eigenvalue weighted by molar-refractivity contribution is 5.90. The van der Waals surface area contributed by atoms with Crippen molar-refractivity contribution in [2.24, 2.45) is 0 Å². The molecule has 0 saturated carbocycles. The molecule has 0 aliphatic rings. The molecule has 13 heavy (non-hydrogen) atoms. The predicted molar refractivity (Wildman–Crippen MR) is 54.1 cm³/mol. The second kappa shape index (κ2) is 3.02. The quantitative estimate of drug-likeness (QED) is 0.601. The van der Waals surface area contributed by atoms with Crippen LogP contribution in [0.3, 0.4) is 0 Å². The molecule has 64 valence electrons. The van der Waals surface area contributed by atoms with Crippen LogP contribution in [0.15, 0.2) is 36.4 Å².